The van der Waals surface area contributed by atoms with Gasteiger partial charge < -0.3 is 128 Å². The van der Waals surface area contributed by atoms with Gasteiger partial charge in [0.05, 0.1) is 95.3 Å². The first kappa shape index (κ1) is 93.6. The van der Waals surface area contributed by atoms with E-state index in [1.54, 1.807) is 76.2 Å². The van der Waals surface area contributed by atoms with Crippen molar-refractivity contribution in [3.8, 4) is 0 Å². The Labute approximate surface area is 628 Å². The van der Waals surface area contributed by atoms with Gasteiger partial charge in [-0.1, -0.05) is 48.5 Å². The van der Waals surface area contributed by atoms with Crippen LogP contribution >= 0.6 is 0 Å². The molecule has 28 nitrogen and oxygen atoms in total. The van der Waals surface area contributed by atoms with E-state index in [-0.39, 0.29) is 74.9 Å². The number of likely N-dealkylation sites (N-methyl/N-ethyl adjacent to an activating group) is 2. The van der Waals surface area contributed by atoms with Crippen LogP contribution in [0.5, 0.6) is 0 Å². The van der Waals surface area contributed by atoms with Gasteiger partial charge in [0, 0.05) is 76.2 Å². The highest BCUT2D eigenvalue weighted by Gasteiger charge is 2.56. The fourth-order valence-electron chi connectivity index (χ4n) is 17.5. The van der Waals surface area contributed by atoms with E-state index in [0.29, 0.717) is 32.5 Å². The van der Waals surface area contributed by atoms with E-state index in [4.69, 9.17) is 56.8 Å². The zero-order valence-corrected chi connectivity index (χ0v) is 68.8. The second-order valence-electron chi connectivity index (χ2n) is 34.4. The molecule has 0 radical (unpaired) electrons. The summed E-state index contributed by atoms with van der Waals surface area (Å²) in [5, 5.41) is 120. The Bertz CT molecular complexity index is 2630. The lowest BCUT2D eigenvalue weighted by atomic mass is 9.78. The smallest absolute Gasteiger partial charge is 0.311 e. The Kier molecular flexibility index (Phi) is 34.5. The van der Waals surface area contributed by atoms with Crippen molar-refractivity contribution in [2.45, 2.75) is 384 Å². The van der Waals surface area contributed by atoms with Gasteiger partial charge in [0.25, 0.3) is 0 Å². The molecule has 11 N–H and O–H groups in total. The minimum Gasteiger partial charge on any atom is -0.459 e. The average Bonchev–Trinajstić information content (AvgIpc) is 1.52. The number of hydrogen-bond donors (Lipinski definition) is 11. The number of aliphatic hydroxyl groups excluding tert-OH is 6. The highest BCUT2D eigenvalue weighted by molar-refractivity contribution is 5.73. The van der Waals surface area contributed by atoms with E-state index < -0.39 is 192 Å². The number of ether oxygens (including phenoxy) is 12. The Morgan fingerprint density at radius 3 is 1.24 bits per heavy atom. The fourth-order valence-corrected chi connectivity index (χ4v) is 17.5. The molecule has 28 heteroatoms. The van der Waals surface area contributed by atoms with E-state index in [1.807, 2.05) is 86.5 Å². The van der Waals surface area contributed by atoms with E-state index >= 15 is 0 Å². The van der Waals surface area contributed by atoms with Gasteiger partial charge in [0.15, 0.2) is 25.2 Å². The zero-order valence-electron chi connectivity index (χ0n) is 68.8. The van der Waals surface area contributed by atoms with Gasteiger partial charge in [0.2, 0.25) is 0 Å². The van der Waals surface area contributed by atoms with Crippen LogP contribution in [0.15, 0.2) is 0 Å². The topological polar surface area (TPSA) is 369 Å². The van der Waals surface area contributed by atoms with Crippen molar-refractivity contribution in [2.75, 3.05) is 62.0 Å². The largest absolute Gasteiger partial charge is 0.459 e. The van der Waals surface area contributed by atoms with Crippen LogP contribution in [0, 0.1) is 35.5 Å². The fraction of sp³-hybridized carbons (Fsp3) is 0.974. The van der Waals surface area contributed by atoms with Crippen molar-refractivity contribution in [3.63, 3.8) is 0 Å². The molecule has 105 heavy (non-hydrogen) atoms. The molecule has 0 saturated carbocycles. The van der Waals surface area contributed by atoms with Crippen LogP contribution in [0.3, 0.4) is 0 Å². The first-order valence-electron chi connectivity index (χ1n) is 39.0. The van der Waals surface area contributed by atoms with Crippen molar-refractivity contribution in [3.05, 3.63) is 0 Å². The summed E-state index contributed by atoms with van der Waals surface area (Å²) < 4.78 is 75.1. The zero-order chi connectivity index (χ0) is 79.9. The van der Waals surface area contributed by atoms with Crippen molar-refractivity contribution in [2.24, 2.45) is 35.5 Å². The summed E-state index contributed by atoms with van der Waals surface area (Å²) in [6.07, 6.45) is -15.6. The van der Waals surface area contributed by atoms with Crippen molar-refractivity contribution in [1.82, 2.24) is 20.0 Å². The number of aliphatic hydroxyl groups is 10. The molecule has 36 atom stereocenters. The molecule has 618 valence electrons. The first-order valence-corrected chi connectivity index (χ1v) is 39.0. The molecule has 0 spiro atoms. The number of nitrogens with one attached hydrogen (secondary N) is 1. The van der Waals surface area contributed by atoms with Crippen LogP contribution in [0.2, 0.25) is 0 Å². The minimum atomic E-state index is -1.78. The van der Waals surface area contributed by atoms with Crippen LogP contribution in [0.25, 0.3) is 0 Å². The Hall–Kier alpha value is -2.02. The van der Waals surface area contributed by atoms with Crippen LogP contribution in [0.4, 0.5) is 0 Å². The molecule has 6 fully saturated rings. The predicted molar refractivity (Wildman–Crippen MR) is 393 cm³/mol. The maximum Gasteiger partial charge on any atom is 0.311 e. The van der Waals surface area contributed by atoms with E-state index in [9.17, 15) is 60.7 Å². The van der Waals surface area contributed by atoms with Gasteiger partial charge in [-0.3, -0.25) is 9.59 Å². The summed E-state index contributed by atoms with van der Waals surface area (Å²) in [6.45, 7) is 38.6. The predicted octanol–water partition coefficient (Wildman–Crippen LogP) is 4.24. The summed E-state index contributed by atoms with van der Waals surface area (Å²) in [7, 11) is 10.6. The molecule has 6 rings (SSSR count). The Morgan fingerprint density at radius 2 is 0.886 bits per heavy atom. The maximum atomic E-state index is 14.3. The molecule has 6 saturated heterocycles. The lowest BCUT2D eigenvalue weighted by Crippen LogP contribution is -2.61. The summed E-state index contributed by atoms with van der Waals surface area (Å²) in [5.41, 5.74) is -8.76. The molecule has 0 aromatic carbocycles. The van der Waals surface area contributed by atoms with Gasteiger partial charge in [-0.05, 0) is 188 Å². The maximum absolute atomic E-state index is 14.3. The van der Waals surface area contributed by atoms with Gasteiger partial charge in [-0.2, -0.15) is 0 Å². The Balaban J connectivity index is 0.000000378. The molecule has 0 unspecified atom stereocenters. The molecule has 0 aromatic rings. The lowest BCUT2D eigenvalue weighted by molar-refractivity contribution is -0.318. The normalized spacial score (nSPS) is 49.1. The third kappa shape index (κ3) is 22.7. The Morgan fingerprint density at radius 1 is 0.514 bits per heavy atom. The summed E-state index contributed by atoms with van der Waals surface area (Å²) in [4.78, 5) is 34.4. The van der Waals surface area contributed by atoms with Gasteiger partial charge >= 0.3 is 11.9 Å². The molecular weight excluding hydrogens is 1360 g/mol. The van der Waals surface area contributed by atoms with E-state index in [0.717, 1.165) is 6.42 Å². The quantitative estimate of drug-likeness (QED) is 0.0963. The third-order valence-electron chi connectivity index (χ3n) is 24.3. The molecule has 6 heterocycles. The molecule has 0 amide bonds. The van der Waals surface area contributed by atoms with Crippen molar-refractivity contribution >= 4 is 11.9 Å². The number of carbonyl (C=O) groups excluding carboxylic acids is 2. The number of nitrogens with zero attached hydrogens (tertiary/aromatic N) is 3. The number of cyclic esters (lactones) is 2. The van der Waals surface area contributed by atoms with Gasteiger partial charge in [-0.25, -0.2) is 0 Å². The second kappa shape index (κ2) is 38.7. The molecule has 6 aliphatic heterocycles. The minimum absolute atomic E-state index is 0.131. The van der Waals surface area contributed by atoms with Crippen molar-refractivity contribution < 1.29 is 117 Å². The molecule has 0 aliphatic carbocycles. The highest BCUT2D eigenvalue weighted by Crippen LogP contribution is 2.44. The van der Waals surface area contributed by atoms with Crippen LogP contribution in [-0.4, -0.2) is 320 Å². The van der Waals surface area contributed by atoms with Crippen LogP contribution < -0.4 is 5.32 Å². The number of carbonyl (C=O) groups is 2. The van der Waals surface area contributed by atoms with E-state index in [2.05, 4.69) is 17.1 Å². The molecule has 0 aromatic heterocycles. The molecular formula is C77H146N4O24. The van der Waals surface area contributed by atoms with Crippen LogP contribution in [0.1, 0.15) is 203 Å². The second-order valence-corrected chi connectivity index (χ2v) is 34.4. The third-order valence-corrected chi connectivity index (χ3v) is 24.3. The number of esters is 2. The number of hydrogen-bond acceptors (Lipinski definition) is 28. The lowest BCUT2D eigenvalue weighted by Gasteiger charge is -2.49. The summed E-state index contributed by atoms with van der Waals surface area (Å²) in [5.74, 6) is -5.77. The highest BCUT2D eigenvalue weighted by atomic mass is 16.7. The van der Waals surface area contributed by atoms with Gasteiger partial charge in [-0.15, -0.1) is 0 Å². The average molecular weight is 1510 g/mol. The van der Waals surface area contributed by atoms with E-state index in [1.165, 1.54) is 28.1 Å². The summed E-state index contributed by atoms with van der Waals surface area (Å²) in [6, 6.07) is -1.07. The SMILES string of the molecule is CCCN1C[C@H](C)[C@@H](O)[C@@](C)(O)[C@@H](CC)OC(=O)[C@H](C)[C@@H](O[C@H]2C[C@@](C)(OC)[C@@H](O)[C@H](C)O2)[C@H](C)[C@@H](O[C@@H]2O[C@H](C)C[C@H](N(C)C)[C@H]2O)[C@@](C)(O)C[C@H]1C.CC[C@H]1OC(=O)[C@H](C)[C@@H](O[C@H]2C[C@@](C)(OC)[C@@H](O)[C@H](C)O2)[C@H](C)[C@@H](O[C@@H]2O[C@H](C)C[C@H](N(C)C)[C@H]2O)[C@@](C)(O)C[C@@H](C)NC[C@H](C)[C@@H](O)[C@@]1(C)O. The summed E-state index contributed by atoms with van der Waals surface area (Å²) >= 11 is 0. The first-order chi connectivity index (χ1) is 48.4. The number of rotatable bonds is 16. The van der Waals surface area contributed by atoms with Gasteiger partial charge in [0.1, 0.15) is 47.8 Å². The molecule has 6 aliphatic rings. The number of methoxy groups -OCH3 is 2. The standard InChI is InChI=1S/C40H76N2O12.C37H70N2O12/c1-15-17-42-21-22(3)33(44)40(11,48)29(16-2)52-36(46)26(7)32(53-30-20-39(10,49-14)34(45)27(8)51-30)25(6)35(38(9,47)19-23(42)4)54-37-31(43)28(41(12)13)18-24(5)50-37;1-14-26-37(10,45)30(41)19(2)18-38-20(3)16-35(8,44)32(51-34-28(40)25(39(11)12)15-21(4)47-34)22(5)29(23(6)33(43)49-26)50-27-17-36(9,46-13)31(42)24(7)48-27/h22-35,37,43-45,47-48H,15-21H2,1-14H3;19-32,34,38,40-42,44-45H,14-18H2,1-13H3/t22-,23+,24+,25-,26+,27-,28-,29+,30-,31+,32-,33+,34-,35+,37-,38-,39+,40-;19-,20+,21+,22-,23+,24-,25-,26+,27-,28+,29-,30+,31-,32+,34-,35-,36+,37-/m00/s1. The monoisotopic (exact) mass is 1510 g/mol. The molecule has 0 bridgehead atoms. The van der Waals surface area contributed by atoms with Crippen LogP contribution in [-0.2, 0) is 66.4 Å². The van der Waals surface area contributed by atoms with Crippen molar-refractivity contribution in [1.29, 1.82) is 0 Å².